The number of nitrogens with two attached hydrogens (primary N) is 1. The van der Waals surface area contributed by atoms with Gasteiger partial charge in [-0.1, -0.05) is 30.3 Å². The summed E-state index contributed by atoms with van der Waals surface area (Å²) in [4.78, 5) is 32.4. The molecule has 1 rings (SSSR count). The van der Waals surface area contributed by atoms with Gasteiger partial charge in [-0.2, -0.15) is 0 Å². The minimum Gasteiger partial charge on any atom is -0.351 e. The Morgan fingerprint density at radius 3 is 2.29 bits per heavy atom. The molecule has 0 saturated heterocycles. The van der Waals surface area contributed by atoms with Gasteiger partial charge in [-0.15, -0.1) is 0 Å². The fourth-order valence-corrected chi connectivity index (χ4v) is 1.03. The van der Waals surface area contributed by atoms with Crippen LogP contribution in [0.1, 0.15) is 5.56 Å². The molecule has 0 saturated carbocycles. The number of carbonyl (C=O) groups is 3. The van der Waals surface area contributed by atoms with Gasteiger partial charge in [0.05, 0.1) is 0 Å². The monoisotopic (exact) mass is 233 g/mol. The van der Waals surface area contributed by atoms with Crippen molar-refractivity contribution in [2.75, 3.05) is 0 Å². The molecule has 0 atom stereocenters. The van der Waals surface area contributed by atoms with Gasteiger partial charge < -0.3 is 5.73 Å². The van der Waals surface area contributed by atoms with E-state index in [1.807, 2.05) is 23.5 Å². The lowest BCUT2D eigenvalue weighted by Gasteiger charge is -1.99. The van der Waals surface area contributed by atoms with Crippen LogP contribution in [0, 0.1) is 0 Å². The topological polar surface area (TPSA) is 101 Å². The number of carbonyl (C=O) groups excluding carboxylic acids is 3. The van der Waals surface area contributed by atoms with Crippen molar-refractivity contribution in [3.63, 3.8) is 0 Å². The second-order valence-electron chi connectivity index (χ2n) is 3.05. The van der Waals surface area contributed by atoms with Crippen molar-refractivity contribution < 1.29 is 14.4 Å². The molecule has 0 aromatic heterocycles. The predicted octanol–water partition coefficient (Wildman–Crippen LogP) is 0.604. The van der Waals surface area contributed by atoms with Crippen molar-refractivity contribution in [2.24, 2.45) is 5.73 Å². The fraction of sp³-hybridized carbons (Fsp3) is 0. The molecular formula is C11H11N3O3. The van der Waals surface area contributed by atoms with Crippen LogP contribution in [-0.4, -0.2) is 18.0 Å². The van der Waals surface area contributed by atoms with E-state index in [1.54, 1.807) is 17.4 Å². The highest BCUT2D eigenvalue weighted by molar-refractivity contribution is 6.06. The molecule has 0 spiro atoms. The molecule has 0 heterocycles. The molecule has 5 amide bonds. The minimum absolute atomic E-state index is 0.646. The first-order valence-corrected chi connectivity index (χ1v) is 4.72. The summed E-state index contributed by atoms with van der Waals surface area (Å²) in [5, 5.41) is 3.61. The van der Waals surface area contributed by atoms with E-state index in [1.165, 1.54) is 12.2 Å². The molecule has 0 fully saturated rings. The third-order valence-corrected chi connectivity index (χ3v) is 1.70. The van der Waals surface area contributed by atoms with Gasteiger partial charge in [0.25, 0.3) is 5.91 Å². The summed E-state index contributed by atoms with van der Waals surface area (Å²) in [5.41, 5.74) is 5.51. The largest absolute Gasteiger partial charge is 0.351 e. The molecule has 0 radical (unpaired) electrons. The first-order valence-electron chi connectivity index (χ1n) is 4.72. The number of rotatable bonds is 2. The summed E-state index contributed by atoms with van der Waals surface area (Å²) in [6.45, 7) is 0. The van der Waals surface area contributed by atoms with E-state index in [4.69, 9.17) is 5.73 Å². The highest BCUT2D eigenvalue weighted by Crippen LogP contribution is 2.00. The molecule has 6 heteroatoms. The highest BCUT2D eigenvalue weighted by Gasteiger charge is 2.05. The lowest BCUT2D eigenvalue weighted by atomic mass is 10.2. The van der Waals surface area contributed by atoms with Crippen LogP contribution in [0.5, 0.6) is 0 Å². The molecule has 4 N–H and O–H groups in total. The van der Waals surface area contributed by atoms with Crippen molar-refractivity contribution >= 4 is 24.0 Å². The van der Waals surface area contributed by atoms with Gasteiger partial charge in [0.15, 0.2) is 0 Å². The van der Waals surface area contributed by atoms with Crippen molar-refractivity contribution in [1.82, 2.24) is 10.6 Å². The summed E-state index contributed by atoms with van der Waals surface area (Å²) in [6, 6.07) is 7.09. The van der Waals surface area contributed by atoms with E-state index in [0.29, 0.717) is 0 Å². The first kappa shape index (κ1) is 12.4. The maximum Gasteiger partial charge on any atom is 0.329 e. The zero-order chi connectivity index (χ0) is 12.7. The van der Waals surface area contributed by atoms with Crippen molar-refractivity contribution in [1.29, 1.82) is 0 Å². The SMILES string of the molecule is NC(=O)NC(=O)NC(=O)C=Cc1ccccc1. The molecule has 0 aliphatic carbocycles. The average Bonchev–Trinajstić information content (AvgIpc) is 2.26. The van der Waals surface area contributed by atoms with E-state index >= 15 is 0 Å². The van der Waals surface area contributed by atoms with Crippen LogP contribution in [0.25, 0.3) is 6.08 Å². The van der Waals surface area contributed by atoms with Crippen LogP contribution >= 0.6 is 0 Å². The van der Waals surface area contributed by atoms with Crippen LogP contribution in [0.2, 0.25) is 0 Å². The molecule has 0 aliphatic heterocycles. The number of hydrogen-bond acceptors (Lipinski definition) is 3. The average molecular weight is 233 g/mol. The van der Waals surface area contributed by atoms with Crippen molar-refractivity contribution in [2.45, 2.75) is 0 Å². The lowest BCUT2D eigenvalue weighted by molar-refractivity contribution is -0.115. The van der Waals surface area contributed by atoms with Gasteiger partial charge in [0.2, 0.25) is 0 Å². The predicted molar refractivity (Wildman–Crippen MR) is 61.7 cm³/mol. The fourth-order valence-electron chi connectivity index (χ4n) is 1.03. The third-order valence-electron chi connectivity index (χ3n) is 1.70. The standard InChI is InChI=1S/C11H11N3O3/c12-10(16)14-11(17)13-9(15)7-6-8-4-2-1-3-5-8/h1-7H,(H4,12,13,14,15,16,17). The quantitative estimate of drug-likeness (QED) is 0.652. The Morgan fingerprint density at radius 1 is 1.06 bits per heavy atom. The third kappa shape index (κ3) is 5.12. The number of urea groups is 2. The van der Waals surface area contributed by atoms with Gasteiger partial charge in [-0.05, 0) is 11.6 Å². The van der Waals surface area contributed by atoms with E-state index in [-0.39, 0.29) is 0 Å². The summed E-state index contributed by atoms with van der Waals surface area (Å²) >= 11 is 0. The summed E-state index contributed by atoms with van der Waals surface area (Å²) < 4.78 is 0. The normalized spacial score (nSPS) is 9.88. The summed E-state index contributed by atoms with van der Waals surface area (Å²) in [6.07, 6.45) is 2.71. The lowest BCUT2D eigenvalue weighted by Crippen LogP contribution is -2.44. The van der Waals surface area contributed by atoms with Gasteiger partial charge in [-0.3, -0.25) is 15.4 Å². The number of nitrogens with one attached hydrogen (secondary N) is 2. The zero-order valence-corrected chi connectivity index (χ0v) is 8.84. The second-order valence-corrected chi connectivity index (χ2v) is 3.05. The first-order chi connectivity index (χ1) is 8.08. The number of primary amides is 1. The Morgan fingerprint density at radius 2 is 1.71 bits per heavy atom. The smallest absolute Gasteiger partial charge is 0.329 e. The summed E-state index contributed by atoms with van der Waals surface area (Å²) in [5.74, 6) is -0.646. The van der Waals surface area contributed by atoms with Crippen LogP contribution in [-0.2, 0) is 4.79 Å². The zero-order valence-electron chi connectivity index (χ0n) is 8.84. The Labute approximate surface area is 97.5 Å². The molecule has 1 aromatic carbocycles. The second kappa shape index (κ2) is 6.06. The molecule has 1 aromatic rings. The maximum absolute atomic E-state index is 11.2. The molecule has 0 bridgehead atoms. The van der Waals surface area contributed by atoms with Crippen LogP contribution < -0.4 is 16.4 Å². The van der Waals surface area contributed by atoms with Crippen LogP contribution in [0.4, 0.5) is 9.59 Å². The van der Waals surface area contributed by atoms with Gasteiger partial charge >= 0.3 is 12.1 Å². The Bertz CT molecular complexity index is 454. The van der Waals surface area contributed by atoms with Crippen molar-refractivity contribution in [3.8, 4) is 0 Å². The van der Waals surface area contributed by atoms with E-state index in [9.17, 15) is 14.4 Å². The maximum atomic E-state index is 11.2. The highest BCUT2D eigenvalue weighted by atomic mass is 16.2. The molecule has 0 unspecified atom stereocenters. The number of hydrogen-bond donors (Lipinski definition) is 3. The molecule has 0 aliphatic rings. The summed E-state index contributed by atoms with van der Waals surface area (Å²) in [7, 11) is 0. The van der Waals surface area contributed by atoms with Gasteiger partial charge in [0, 0.05) is 6.08 Å². The Kier molecular flexibility index (Phi) is 4.44. The number of imide groups is 2. The Balaban J connectivity index is 2.47. The molecule has 17 heavy (non-hydrogen) atoms. The van der Waals surface area contributed by atoms with Crippen molar-refractivity contribution in [3.05, 3.63) is 42.0 Å². The number of benzene rings is 1. The minimum atomic E-state index is -1.03. The van der Waals surface area contributed by atoms with Crippen LogP contribution in [0.3, 0.4) is 0 Å². The van der Waals surface area contributed by atoms with E-state index in [2.05, 4.69) is 0 Å². The molecule has 88 valence electrons. The Hall–Kier alpha value is -2.63. The van der Waals surface area contributed by atoms with Crippen LogP contribution in [0.15, 0.2) is 36.4 Å². The van der Waals surface area contributed by atoms with E-state index in [0.717, 1.165) is 5.56 Å². The molecule has 6 nitrogen and oxygen atoms in total. The molecular weight excluding hydrogens is 222 g/mol. The number of amides is 5. The van der Waals surface area contributed by atoms with E-state index < -0.39 is 18.0 Å². The van der Waals surface area contributed by atoms with Gasteiger partial charge in [-0.25, -0.2) is 9.59 Å². The van der Waals surface area contributed by atoms with Gasteiger partial charge in [0.1, 0.15) is 0 Å².